The number of hydrogen-bond acceptors (Lipinski definition) is 4. The zero-order valence-corrected chi connectivity index (χ0v) is 6.69. The SMILES string of the molecule is O=C[C@@H]1SCCN1S(=O)[O-]. The predicted octanol–water partition coefficient (Wildman–Crippen LogP) is -0.646. The van der Waals surface area contributed by atoms with Crippen molar-refractivity contribution in [2.75, 3.05) is 12.3 Å². The van der Waals surface area contributed by atoms with Crippen molar-refractivity contribution < 1.29 is 13.6 Å². The van der Waals surface area contributed by atoms with Crippen molar-refractivity contribution in [3.05, 3.63) is 0 Å². The number of rotatable bonds is 2. The molecule has 0 amide bonds. The molecule has 1 heterocycles. The second kappa shape index (κ2) is 3.47. The number of nitrogens with zero attached hydrogens (tertiary/aromatic N) is 1. The van der Waals surface area contributed by atoms with Crippen LogP contribution in [0, 0.1) is 0 Å². The van der Waals surface area contributed by atoms with E-state index >= 15 is 0 Å². The number of aldehydes is 1. The van der Waals surface area contributed by atoms with Gasteiger partial charge in [0.15, 0.2) is 0 Å². The Morgan fingerprint density at radius 3 is 2.90 bits per heavy atom. The standard InChI is InChI=1S/C4H7NO3S2/c6-3-4-5(10(7)8)1-2-9-4/h3-4H,1-2H2,(H,7,8)/p-1/t4-/m0/s1. The summed E-state index contributed by atoms with van der Waals surface area (Å²) in [6.45, 7) is 0.449. The topological polar surface area (TPSA) is 60.4 Å². The molecule has 0 radical (unpaired) electrons. The molecule has 1 aliphatic rings. The average Bonchev–Trinajstić information content (AvgIpc) is 2.33. The molecule has 1 aliphatic heterocycles. The molecule has 0 saturated carbocycles. The summed E-state index contributed by atoms with van der Waals surface area (Å²) in [6, 6.07) is 0. The summed E-state index contributed by atoms with van der Waals surface area (Å²) in [4.78, 5) is 10.2. The molecule has 58 valence electrons. The first-order valence-electron chi connectivity index (χ1n) is 2.68. The lowest BCUT2D eigenvalue weighted by Crippen LogP contribution is -2.30. The molecule has 0 aromatic heterocycles. The van der Waals surface area contributed by atoms with Crippen LogP contribution in [0.2, 0.25) is 0 Å². The van der Waals surface area contributed by atoms with Crippen LogP contribution in [0.25, 0.3) is 0 Å². The normalized spacial score (nSPS) is 30.3. The first kappa shape index (κ1) is 8.19. The van der Waals surface area contributed by atoms with Gasteiger partial charge in [0.05, 0.1) is 0 Å². The smallest absolute Gasteiger partial charge is 0.148 e. The maximum atomic E-state index is 10.3. The van der Waals surface area contributed by atoms with Crippen LogP contribution in [-0.4, -0.2) is 37.0 Å². The van der Waals surface area contributed by atoms with Gasteiger partial charge in [-0.1, -0.05) is 0 Å². The minimum Gasteiger partial charge on any atom is -0.760 e. The summed E-state index contributed by atoms with van der Waals surface area (Å²) < 4.78 is 21.8. The van der Waals surface area contributed by atoms with Crippen LogP contribution in [0.5, 0.6) is 0 Å². The van der Waals surface area contributed by atoms with E-state index in [1.165, 1.54) is 11.8 Å². The zero-order valence-electron chi connectivity index (χ0n) is 5.06. The van der Waals surface area contributed by atoms with Gasteiger partial charge < -0.3 is 9.35 Å². The van der Waals surface area contributed by atoms with E-state index in [0.29, 0.717) is 18.6 Å². The lowest BCUT2D eigenvalue weighted by Gasteiger charge is -2.20. The van der Waals surface area contributed by atoms with Crippen LogP contribution in [0.4, 0.5) is 0 Å². The molecule has 0 N–H and O–H groups in total. The van der Waals surface area contributed by atoms with E-state index in [1.54, 1.807) is 0 Å². The number of thioether (sulfide) groups is 1. The van der Waals surface area contributed by atoms with Crippen molar-refractivity contribution in [3.8, 4) is 0 Å². The minimum absolute atomic E-state index is 0.449. The van der Waals surface area contributed by atoms with Gasteiger partial charge in [-0.15, -0.1) is 11.8 Å². The quantitative estimate of drug-likeness (QED) is 0.418. The summed E-state index contributed by atoms with van der Waals surface area (Å²) in [5.41, 5.74) is 0. The summed E-state index contributed by atoms with van der Waals surface area (Å²) in [7, 11) is 0. The molecule has 4 nitrogen and oxygen atoms in total. The summed E-state index contributed by atoms with van der Waals surface area (Å²) in [6.07, 6.45) is 0.646. The van der Waals surface area contributed by atoms with Crippen LogP contribution in [-0.2, 0) is 16.1 Å². The Hall–Kier alpha value is 0.0900. The van der Waals surface area contributed by atoms with E-state index in [0.717, 1.165) is 4.31 Å². The Balaban J connectivity index is 2.58. The highest BCUT2D eigenvalue weighted by Gasteiger charge is 2.24. The third-order valence-corrected chi connectivity index (χ3v) is 3.24. The third kappa shape index (κ3) is 1.57. The second-order valence-corrected chi connectivity index (χ2v) is 3.88. The maximum absolute atomic E-state index is 10.3. The van der Waals surface area contributed by atoms with Crippen LogP contribution in [0.1, 0.15) is 0 Å². The van der Waals surface area contributed by atoms with Gasteiger partial charge in [-0.05, 0) is 0 Å². The predicted molar refractivity (Wildman–Crippen MR) is 37.9 cm³/mol. The fourth-order valence-electron chi connectivity index (χ4n) is 0.740. The van der Waals surface area contributed by atoms with Gasteiger partial charge >= 0.3 is 0 Å². The molecule has 1 saturated heterocycles. The van der Waals surface area contributed by atoms with Crippen LogP contribution >= 0.6 is 11.8 Å². The summed E-state index contributed by atoms with van der Waals surface area (Å²) in [5, 5.41) is -0.488. The van der Waals surface area contributed by atoms with Crippen molar-refractivity contribution in [2.45, 2.75) is 5.37 Å². The van der Waals surface area contributed by atoms with E-state index in [2.05, 4.69) is 0 Å². The Labute approximate surface area is 65.4 Å². The average molecular weight is 180 g/mol. The van der Waals surface area contributed by atoms with Crippen molar-refractivity contribution in [1.82, 2.24) is 4.31 Å². The van der Waals surface area contributed by atoms with E-state index in [9.17, 15) is 13.6 Å². The van der Waals surface area contributed by atoms with E-state index in [1.807, 2.05) is 0 Å². The van der Waals surface area contributed by atoms with E-state index < -0.39 is 16.6 Å². The van der Waals surface area contributed by atoms with Gasteiger partial charge in [0.25, 0.3) is 0 Å². The molecule has 0 bridgehead atoms. The Morgan fingerprint density at radius 1 is 1.80 bits per heavy atom. The van der Waals surface area contributed by atoms with Gasteiger partial charge in [-0.3, -0.25) is 4.21 Å². The molecular formula is C4H6NO3S2-. The van der Waals surface area contributed by atoms with Crippen molar-refractivity contribution in [1.29, 1.82) is 0 Å². The number of carbonyl (C=O) groups is 1. The highest BCUT2D eigenvalue weighted by molar-refractivity contribution is 8.01. The van der Waals surface area contributed by atoms with Gasteiger partial charge in [0.1, 0.15) is 11.7 Å². The molecule has 0 aromatic carbocycles. The maximum Gasteiger partial charge on any atom is 0.148 e. The second-order valence-electron chi connectivity index (χ2n) is 1.76. The Bertz CT molecular complexity index is 163. The van der Waals surface area contributed by atoms with Crippen LogP contribution < -0.4 is 0 Å². The molecule has 1 rings (SSSR count). The molecule has 1 fully saturated rings. The minimum atomic E-state index is -2.24. The van der Waals surface area contributed by atoms with E-state index in [4.69, 9.17) is 0 Å². The largest absolute Gasteiger partial charge is 0.760 e. The van der Waals surface area contributed by atoms with E-state index in [-0.39, 0.29) is 0 Å². The van der Waals surface area contributed by atoms with Crippen LogP contribution in [0.3, 0.4) is 0 Å². The number of hydrogen-bond donors (Lipinski definition) is 0. The highest BCUT2D eigenvalue weighted by Crippen LogP contribution is 2.22. The Kier molecular flexibility index (Phi) is 2.84. The van der Waals surface area contributed by atoms with Crippen LogP contribution in [0.15, 0.2) is 0 Å². The molecule has 0 aliphatic carbocycles. The molecule has 1 unspecified atom stereocenters. The highest BCUT2D eigenvalue weighted by atomic mass is 32.2. The molecule has 0 spiro atoms. The molecule has 10 heavy (non-hydrogen) atoms. The van der Waals surface area contributed by atoms with Gasteiger partial charge in [0.2, 0.25) is 0 Å². The lowest BCUT2D eigenvalue weighted by molar-refractivity contribution is -0.108. The van der Waals surface area contributed by atoms with Gasteiger partial charge in [0, 0.05) is 23.6 Å². The van der Waals surface area contributed by atoms with Gasteiger partial charge in [-0.2, -0.15) is 0 Å². The molecule has 2 atom stereocenters. The number of carbonyl (C=O) groups excluding carboxylic acids is 1. The van der Waals surface area contributed by atoms with Crippen molar-refractivity contribution >= 4 is 29.3 Å². The molecule has 6 heteroatoms. The van der Waals surface area contributed by atoms with Crippen molar-refractivity contribution in [2.24, 2.45) is 0 Å². The molecule has 0 aromatic rings. The third-order valence-electron chi connectivity index (χ3n) is 1.19. The first-order valence-corrected chi connectivity index (χ1v) is 4.76. The monoisotopic (exact) mass is 180 g/mol. The Morgan fingerprint density at radius 2 is 2.50 bits per heavy atom. The lowest BCUT2D eigenvalue weighted by atomic mass is 10.6. The van der Waals surface area contributed by atoms with Gasteiger partial charge in [-0.25, -0.2) is 4.31 Å². The first-order chi connectivity index (χ1) is 4.75. The summed E-state index contributed by atoms with van der Waals surface area (Å²) >= 11 is -0.896. The van der Waals surface area contributed by atoms with Crippen molar-refractivity contribution in [3.63, 3.8) is 0 Å². The fourth-order valence-corrected chi connectivity index (χ4v) is 2.60. The zero-order chi connectivity index (χ0) is 7.56. The molecular weight excluding hydrogens is 174 g/mol. The summed E-state index contributed by atoms with van der Waals surface area (Å²) in [5.74, 6) is 0.706. The fraction of sp³-hybridized carbons (Fsp3) is 0.750.